The Labute approximate surface area is 161 Å². The van der Waals surface area contributed by atoms with E-state index in [0.29, 0.717) is 12.5 Å². The van der Waals surface area contributed by atoms with Crippen molar-refractivity contribution in [2.75, 3.05) is 13.1 Å². The fraction of sp³-hybridized carbons (Fsp3) is 0.529. The van der Waals surface area contributed by atoms with Crippen LogP contribution in [-0.4, -0.2) is 30.7 Å². The van der Waals surface area contributed by atoms with Gasteiger partial charge in [0.25, 0.3) is 0 Å². The quantitative estimate of drug-likeness (QED) is 0.354. The third-order valence-corrected chi connectivity index (χ3v) is 2.89. The lowest BCUT2D eigenvalue weighted by molar-refractivity contribution is 0.0505. The molecule has 1 amide bonds. The lowest BCUT2D eigenvalue weighted by Gasteiger charge is -2.23. The summed E-state index contributed by atoms with van der Waals surface area (Å²) in [6, 6.07) is 9.34. The van der Waals surface area contributed by atoms with E-state index < -0.39 is 11.7 Å². The Bertz CT molecular complexity index is 515. The molecule has 0 saturated carbocycles. The van der Waals surface area contributed by atoms with Crippen LogP contribution in [0.3, 0.4) is 0 Å². The highest BCUT2D eigenvalue weighted by Gasteiger charge is 2.20. The van der Waals surface area contributed by atoms with Gasteiger partial charge in [0.15, 0.2) is 5.96 Å². The Hall–Kier alpha value is -1.51. The summed E-state index contributed by atoms with van der Waals surface area (Å²) in [6.45, 7) is 8.65. The Kier molecular flexibility index (Phi) is 10.4. The fourth-order valence-electron chi connectivity index (χ4n) is 1.87. The van der Waals surface area contributed by atoms with Gasteiger partial charge >= 0.3 is 6.09 Å². The molecule has 24 heavy (non-hydrogen) atoms. The van der Waals surface area contributed by atoms with Crippen LogP contribution >= 0.6 is 24.0 Å². The van der Waals surface area contributed by atoms with E-state index in [1.807, 2.05) is 51.1 Å². The number of aliphatic imine (C=N–C) groups is 1. The molecular formula is C17H29IN4O2. The summed E-state index contributed by atoms with van der Waals surface area (Å²) >= 11 is 0. The molecule has 1 atom stereocenters. The molecule has 0 aliphatic rings. The summed E-state index contributed by atoms with van der Waals surface area (Å²) in [4.78, 5) is 16.3. The summed E-state index contributed by atoms with van der Waals surface area (Å²) in [6.07, 6.45) is 0.496. The van der Waals surface area contributed by atoms with Gasteiger partial charge in [-0.15, -0.1) is 24.0 Å². The number of benzene rings is 1. The number of halogens is 1. The Balaban J connectivity index is 0.00000529. The van der Waals surface area contributed by atoms with Crippen molar-refractivity contribution in [3.05, 3.63) is 35.9 Å². The minimum absolute atomic E-state index is 0. The Morgan fingerprint density at radius 3 is 2.46 bits per heavy atom. The molecule has 0 aliphatic heterocycles. The number of ether oxygens (including phenoxy) is 1. The maximum atomic E-state index is 12.0. The van der Waals surface area contributed by atoms with Crippen molar-refractivity contribution >= 4 is 36.0 Å². The lowest BCUT2D eigenvalue weighted by atomic mass is 10.1. The maximum Gasteiger partial charge on any atom is 0.408 e. The molecule has 0 saturated heterocycles. The van der Waals surface area contributed by atoms with Crippen LogP contribution in [0.15, 0.2) is 35.3 Å². The first-order chi connectivity index (χ1) is 10.8. The SMILES string of the molecule is CCCNC(N)=NCC(NC(=O)OC(C)(C)C)c1ccccc1.I. The van der Waals surface area contributed by atoms with Crippen molar-refractivity contribution < 1.29 is 9.53 Å². The van der Waals surface area contributed by atoms with Crippen LogP contribution in [0.5, 0.6) is 0 Å². The van der Waals surface area contributed by atoms with Gasteiger partial charge in [0.1, 0.15) is 5.60 Å². The molecule has 7 heteroatoms. The van der Waals surface area contributed by atoms with Gasteiger partial charge in [0.05, 0.1) is 12.6 Å². The number of carbonyl (C=O) groups excluding carboxylic acids is 1. The predicted octanol–water partition coefficient (Wildman–Crippen LogP) is 3.18. The molecule has 0 fully saturated rings. The topological polar surface area (TPSA) is 88.7 Å². The zero-order chi connectivity index (χ0) is 17.3. The van der Waals surface area contributed by atoms with Gasteiger partial charge in [-0.3, -0.25) is 4.99 Å². The second-order valence-electron chi connectivity index (χ2n) is 6.26. The van der Waals surface area contributed by atoms with E-state index in [4.69, 9.17) is 10.5 Å². The van der Waals surface area contributed by atoms with Gasteiger partial charge in [-0.1, -0.05) is 37.3 Å². The van der Waals surface area contributed by atoms with Gasteiger partial charge in [-0.05, 0) is 32.8 Å². The fourth-order valence-corrected chi connectivity index (χ4v) is 1.87. The monoisotopic (exact) mass is 448 g/mol. The number of nitrogens with two attached hydrogens (primary N) is 1. The van der Waals surface area contributed by atoms with Gasteiger partial charge in [0.2, 0.25) is 0 Å². The standard InChI is InChI=1S/C17H28N4O2.HI/c1-5-11-19-15(18)20-12-14(13-9-7-6-8-10-13)21-16(22)23-17(2,3)4;/h6-10,14H,5,11-12H2,1-4H3,(H,21,22)(H3,18,19,20);1H. The molecule has 0 radical (unpaired) electrons. The molecule has 1 unspecified atom stereocenters. The summed E-state index contributed by atoms with van der Waals surface area (Å²) in [7, 11) is 0. The van der Waals surface area contributed by atoms with E-state index in [9.17, 15) is 4.79 Å². The minimum atomic E-state index is -0.545. The first kappa shape index (κ1) is 22.5. The summed E-state index contributed by atoms with van der Waals surface area (Å²) in [5.74, 6) is 0.374. The van der Waals surface area contributed by atoms with Crippen LogP contribution in [-0.2, 0) is 4.74 Å². The number of rotatable bonds is 6. The summed E-state index contributed by atoms with van der Waals surface area (Å²) in [5.41, 5.74) is 6.22. The molecule has 0 spiro atoms. The molecule has 1 rings (SSSR count). The molecule has 0 heterocycles. The highest BCUT2D eigenvalue weighted by atomic mass is 127. The third kappa shape index (κ3) is 9.59. The molecule has 0 aliphatic carbocycles. The van der Waals surface area contributed by atoms with Crippen molar-refractivity contribution in [3.63, 3.8) is 0 Å². The van der Waals surface area contributed by atoms with Crippen LogP contribution in [0, 0.1) is 0 Å². The predicted molar refractivity (Wildman–Crippen MR) is 109 cm³/mol. The number of nitrogens with zero attached hydrogens (tertiary/aromatic N) is 1. The highest BCUT2D eigenvalue weighted by Crippen LogP contribution is 2.15. The van der Waals surface area contributed by atoms with Crippen LogP contribution < -0.4 is 16.4 Å². The van der Waals surface area contributed by atoms with Crippen LogP contribution in [0.4, 0.5) is 4.79 Å². The molecule has 0 bridgehead atoms. The number of nitrogens with one attached hydrogen (secondary N) is 2. The molecule has 1 aromatic carbocycles. The van der Waals surface area contributed by atoms with Gasteiger partial charge in [-0.2, -0.15) is 0 Å². The second kappa shape index (κ2) is 11.1. The smallest absolute Gasteiger partial charge is 0.408 e. The van der Waals surface area contributed by atoms with Crippen molar-refractivity contribution in [2.45, 2.75) is 45.8 Å². The van der Waals surface area contributed by atoms with E-state index in [2.05, 4.69) is 22.5 Å². The van der Waals surface area contributed by atoms with E-state index in [0.717, 1.165) is 18.5 Å². The number of alkyl carbamates (subject to hydrolysis) is 1. The van der Waals surface area contributed by atoms with Crippen LogP contribution in [0.25, 0.3) is 0 Å². The van der Waals surface area contributed by atoms with Crippen molar-refractivity contribution in [1.29, 1.82) is 0 Å². The molecule has 4 N–H and O–H groups in total. The third-order valence-electron chi connectivity index (χ3n) is 2.89. The normalized spacial score (nSPS) is 12.8. The van der Waals surface area contributed by atoms with E-state index in [1.165, 1.54) is 0 Å². The molecular weight excluding hydrogens is 419 g/mol. The largest absolute Gasteiger partial charge is 0.444 e. The number of amides is 1. The zero-order valence-corrected chi connectivity index (χ0v) is 17.2. The van der Waals surface area contributed by atoms with Crippen LogP contribution in [0.1, 0.15) is 45.7 Å². The molecule has 1 aromatic rings. The first-order valence-electron chi connectivity index (χ1n) is 7.90. The number of carbonyl (C=O) groups is 1. The van der Waals surface area contributed by atoms with E-state index in [-0.39, 0.29) is 30.0 Å². The maximum absolute atomic E-state index is 12.0. The molecule has 136 valence electrons. The second-order valence-corrected chi connectivity index (χ2v) is 6.26. The summed E-state index contributed by atoms with van der Waals surface area (Å²) < 4.78 is 5.32. The summed E-state index contributed by atoms with van der Waals surface area (Å²) in [5, 5.41) is 5.86. The lowest BCUT2D eigenvalue weighted by Crippen LogP contribution is -2.37. The van der Waals surface area contributed by atoms with Crippen molar-refractivity contribution in [1.82, 2.24) is 10.6 Å². The highest BCUT2D eigenvalue weighted by molar-refractivity contribution is 14.0. The first-order valence-corrected chi connectivity index (χ1v) is 7.90. The Morgan fingerprint density at radius 1 is 1.29 bits per heavy atom. The van der Waals surface area contributed by atoms with Gasteiger partial charge in [0, 0.05) is 6.54 Å². The van der Waals surface area contributed by atoms with E-state index >= 15 is 0 Å². The van der Waals surface area contributed by atoms with Gasteiger partial charge < -0.3 is 21.1 Å². The zero-order valence-electron chi connectivity index (χ0n) is 14.8. The van der Waals surface area contributed by atoms with Crippen molar-refractivity contribution in [3.8, 4) is 0 Å². The minimum Gasteiger partial charge on any atom is -0.444 e. The number of hydrogen-bond donors (Lipinski definition) is 3. The Morgan fingerprint density at radius 2 is 1.92 bits per heavy atom. The number of hydrogen-bond acceptors (Lipinski definition) is 3. The van der Waals surface area contributed by atoms with Crippen LogP contribution in [0.2, 0.25) is 0 Å². The average molecular weight is 448 g/mol. The van der Waals surface area contributed by atoms with Gasteiger partial charge in [-0.25, -0.2) is 4.79 Å². The van der Waals surface area contributed by atoms with E-state index in [1.54, 1.807) is 0 Å². The molecule has 6 nitrogen and oxygen atoms in total. The number of guanidine groups is 1. The molecule has 0 aromatic heterocycles. The average Bonchev–Trinajstić information content (AvgIpc) is 2.48. The van der Waals surface area contributed by atoms with Crippen molar-refractivity contribution in [2.24, 2.45) is 10.7 Å².